The van der Waals surface area contributed by atoms with Crippen molar-refractivity contribution in [2.45, 2.75) is 6.54 Å². The van der Waals surface area contributed by atoms with Crippen molar-refractivity contribution in [3.05, 3.63) is 58.6 Å². The second-order valence-electron chi connectivity index (χ2n) is 4.33. The van der Waals surface area contributed by atoms with Crippen molar-refractivity contribution in [1.82, 2.24) is 5.32 Å². The van der Waals surface area contributed by atoms with Crippen LogP contribution in [0.15, 0.2) is 53.0 Å². The van der Waals surface area contributed by atoms with Gasteiger partial charge in [-0.1, -0.05) is 34.1 Å². The fourth-order valence-electron chi connectivity index (χ4n) is 1.83. The van der Waals surface area contributed by atoms with Gasteiger partial charge in [0.05, 0.1) is 0 Å². The summed E-state index contributed by atoms with van der Waals surface area (Å²) in [5, 5.41) is 3.12. The van der Waals surface area contributed by atoms with Crippen LogP contribution in [-0.4, -0.2) is 20.3 Å². The second kappa shape index (κ2) is 7.92. The summed E-state index contributed by atoms with van der Waals surface area (Å²) in [4.78, 5) is 0. The van der Waals surface area contributed by atoms with Gasteiger partial charge in [0.25, 0.3) is 0 Å². The smallest absolute Gasteiger partial charge is 0.122 e. The molecule has 0 heterocycles. The van der Waals surface area contributed by atoms with Crippen LogP contribution in [0.1, 0.15) is 5.56 Å². The van der Waals surface area contributed by atoms with Gasteiger partial charge in [-0.3, -0.25) is 0 Å². The molecule has 3 nitrogen and oxygen atoms in total. The fraction of sp³-hybridized carbons (Fsp3) is 0.250. The van der Waals surface area contributed by atoms with Crippen molar-refractivity contribution in [3.63, 3.8) is 0 Å². The molecule has 4 heteroatoms. The van der Waals surface area contributed by atoms with Crippen LogP contribution >= 0.6 is 15.9 Å². The maximum absolute atomic E-state index is 5.68. The van der Waals surface area contributed by atoms with Gasteiger partial charge >= 0.3 is 0 Å². The quantitative estimate of drug-likeness (QED) is 0.784. The van der Waals surface area contributed by atoms with E-state index in [0.717, 1.165) is 22.5 Å². The number of benzene rings is 2. The Morgan fingerprint density at radius 3 is 2.25 bits per heavy atom. The van der Waals surface area contributed by atoms with Crippen molar-refractivity contribution < 1.29 is 9.47 Å². The predicted molar refractivity (Wildman–Crippen MR) is 84.3 cm³/mol. The minimum atomic E-state index is 0.521. The molecular formula is C16H18BrNO2. The Morgan fingerprint density at radius 1 is 0.950 bits per heavy atom. The Bertz CT molecular complexity index is 546. The molecular weight excluding hydrogens is 318 g/mol. The summed E-state index contributed by atoms with van der Waals surface area (Å²) in [5.74, 6) is 1.71. The highest BCUT2D eigenvalue weighted by Gasteiger charge is 1.98. The van der Waals surface area contributed by atoms with Crippen LogP contribution in [0.25, 0.3) is 0 Å². The van der Waals surface area contributed by atoms with E-state index in [1.165, 1.54) is 5.56 Å². The van der Waals surface area contributed by atoms with Crippen LogP contribution in [0.3, 0.4) is 0 Å². The molecule has 0 amide bonds. The molecule has 2 aromatic carbocycles. The summed E-state index contributed by atoms with van der Waals surface area (Å²) in [6, 6.07) is 15.8. The first-order chi connectivity index (χ1) is 9.78. The lowest BCUT2D eigenvalue weighted by atomic mass is 10.2. The summed E-state index contributed by atoms with van der Waals surface area (Å²) < 4.78 is 12.3. The Balaban J connectivity index is 1.77. The standard InChI is InChI=1S/C16H18BrNO2/c1-18-12-13-4-2-6-15(10-13)19-8-9-20-16-7-3-5-14(17)11-16/h2-7,10-11,18H,8-9,12H2,1H3. The molecule has 0 unspecified atom stereocenters. The highest BCUT2D eigenvalue weighted by atomic mass is 79.9. The van der Waals surface area contributed by atoms with E-state index in [2.05, 4.69) is 27.3 Å². The molecule has 0 saturated carbocycles. The first-order valence-corrected chi connectivity index (χ1v) is 7.32. The lowest BCUT2D eigenvalue weighted by Gasteiger charge is -2.09. The van der Waals surface area contributed by atoms with Gasteiger partial charge in [0.2, 0.25) is 0 Å². The van der Waals surface area contributed by atoms with E-state index in [0.29, 0.717) is 13.2 Å². The van der Waals surface area contributed by atoms with Gasteiger partial charge in [0.1, 0.15) is 24.7 Å². The molecule has 2 aromatic rings. The van der Waals surface area contributed by atoms with Gasteiger partial charge < -0.3 is 14.8 Å². The predicted octanol–water partition coefficient (Wildman–Crippen LogP) is 3.63. The van der Waals surface area contributed by atoms with Crippen molar-refractivity contribution in [3.8, 4) is 11.5 Å². The van der Waals surface area contributed by atoms with Crippen LogP contribution < -0.4 is 14.8 Å². The maximum Gasteiger partial charge on any atom is 0.122 e. The Hall–Kier alpha value is -1.52. The Morgan fingerprint density at radius 2 is 1.60 bits per heavy atom. The number of ether oxygens (including phenoxy) is 2. The molecule has 106 valence electrons. The van der Waals surface area contributed by atoms with Gasteiger partial charge in [-0.05, 0) is 42.9 Å². The zero-order valence-corrected chi connectivity index (χ0v) is 13.0. The third-order valence-electron chi connectivity index (χ3n) is 2.70. The van der Waals surface area contributed by atoms with Crippen molar-refractivity contribution in [1.29, 1.82) is 0 Å². The van der Waals surface area contributed by atoms with Gasteiger partial charge in [-0.25, -0.2) is 0 Å². The van der Waals surface area contributed by atoms with E-state index in [1.54, 1.807) is 0 Å². The van der Waals surface area contributed by atoms with Crippen LogP contribution in [0.2, 0.25) is 0 Å². The Kier molecular flexibility index (Phi) is 5.89. The molecule has 0 aromatic heterocycles. The van der Waals surface area contributed by atoms with Crippen molar-refractivity contribution in [2.24, 2.45) is 0 Å². The van der Waals surface area contributed by atoms with Crippen LogP contribution in [0.5, 0.6) is 11.5 Å². The van der Waals surface area contributed by atoms with E-state index in [1.807, 2.05) is 49.5 Å². The normalized spacial score (nSPS) is 10.3. The van der Waals surface area contributed by atoms with Crippen molar-refractivity contribution in [2.75, 3.05) is 20.3 Å². The molecule has 0 aliphatic rings. The molecule has 0 spiro atoms. The third-order valence-corrected chi connectivity index (χ3v) is 3.19. The molecule has 1 N–H and O–H groups in total. The van der Waals surface area contributed by atoms with E-state index in [9.17, 15) is 0 Å². The number of hydrogen-bond donors (Lipinski definition) is 1. The fourth-order valence-corrected chi connectivity index (χ4v) is 2.20. The van der Waals surface area contributed by atoms with E-state index in [-0.39, 0.29) is 0 Å². The molecule has 0 fully saturated rings. The monoisotopic (exact) mass is 335 g/mol. The van der Waals surface area contributed by atoms with E-state index < -0.39 is 0 Å². The third kappa shape index (κ3) is 4.87. The van der Waals surface area contributed by atoms with Gasteiger partial charge in [-0.2, -0.15) is 0 Å². The second-order valence-corrected chi connectivity index (χ2v) is 5.25. The highest BCUT2D eigenvalue weighted by Crippen LogP contribution is 2.18. The molecule has 2 rings (SSSR count). The first-order valence-electron chi connectivity index (χ1n) is 6.52. The molecule has 0 aliphatic heterocycles. The van der Waals surface area contributed by atoms with E-state index in [4.69, 9.17) is 9.47 Å². The summed E-state index contributed by atoms with van der Waals surface area (Å²) in [6.07, 6.45) is 0. The van der Waals surface area contributed by atoms with Crippen molar-refractivity contribution >= 4 is 15.9 Å². The van der Waals surface area contributed by atoms with Gasteiger partial charge in [0.15, 0.2) is 0 Å². The van der Waals surface area contributed by atoms with Gasteiger partial charge in [-0.15, -0.1) is 0 Å². The zero-order chi connectivity index (χ0) is 14.2. The molecule has 20 heavy (non-hydrogen) atoms. The maximum atomic E-state index is 5.68. The summed E-state index contributed by atoms with van der Waals surface area (Å²) >= 11 is 3.41. The topological polar surface area (TPSA) is 30.5 Å². The minimum Gasteiger partial charge on any atom is -0.490 e. The van der Waals surface area contributed by atoms with E-state index >= 15 is 0 Å². The summed E-state index contributed by atoms with van der Waals surface area (Å²) in [5.41, 5.74) is 1.21. The number of halogens is 1. The highest BCUT2D eigenvalue weighted by molar-refractivity contribution is 9.10. The zero-order valence-electron chi connectivity index (χ0n) is 11.4. The van der Waals surface area contributed by atoms with Gasteiger partial charge in [0, 0.05) is 11.0 Å². The Labute approximate surface area is 128 Å². The van der Waals surface area contributed by atoms with Crippen LogP contribution in [-0.2, 0) is 6.54 Å². The molecule has 0 bridgehead atoms. The molecule has 0 aliphatic carbocycles. The first kappa shape index (κ1) is 14.9. The molecule has 0 saturated heterocycles. The lowest BCUT2D eigenvalue weighted by Crippen LogP contribution is -2.09. The SMILES string of the molecule is CNCc1cccc(OCCOc2cccc(Br)c2)c1. The van der Waals surface area contributed by atoms with Crippen LogP contribution in [0, 0.1) is 0 Å². The summed E-state index contributed by atoms with van der Waals surface area (Å²) in [6.45, 7) is 1.88. The summed E-state index contributed by atoms with van der Waals surface area (Å²) in [7, 11) is 1.93. The molecule has 0 atom stereocenters. The number of rotatable bonds is 7. The number of hydrogen-bond acceptors (Lipinski definition) is 3. The average molecular weight is 336 g/mol. The van der Waals surface area contributed by atoms with Crippen LogP contribution in [0.4, 0.5) is 0 Å². The number of nitrogens with one attached hydrogen (secondary N) is 1. The average Bonchev–Trinajstić information content (AvgIpc) is 2.45. The lowest BCUT2D eigenvalue weighted by molar-refractivity contribution is 0.217. The minimum absolute atomic E-state index is 0.521. The largest absolute Gasteiger partial charge is 0.490 e. The molecule has 0 radical (unpaired) electrons.